The average Bonchev–Trinajstić information content (AvgIpc) is 2.46. The summed E-state index contributed by atoms with van der Waals surface area (Å²) in [5.41, 5.74) is 0.853. The Morgan fingerprint density at radius 2 is 2.15 bits per heavy atom. The molecule has 0 atom stereocenters. The lowest BCUT2D eigenvalue weighted by Gasteiger charge is -2.27. The fourth-order valence-electron chi connectivity index (χ4n) is 2.34. The van der Waals surface area contributed by atoms with Gasteiger partial charge in [-0.3, -0.25) is 4.79 Å². The minimum atomic E-state index is -0.970. The molecule has 1 fully saturated rings. The van der Waals surface area contributed by atoms with Crippen molar-refractivity contribution in [3.05, 3.63) is 35.9 Å². The van der Waals surface area contributed by atoms with E-state index in [1.165, 1.54) is 0 Å². The Hall–Kier alpha value is -2.63. The third-order valence-corrected chi connectivity index (χ3v) is 3.31. The number of carboxylic acid groups (broad SMARTS) is 1. The monoisotopic (exact) mass is 271 g/mol. The number of amides is 1. The largest absolute Gasteiger partial charge is 0.478 e. The molecule has 1 aliphatic heterocycles. The molecule has 2 heterocycles. The predicted molar refractivity (Wildman–Crippen MR) is 73.9 cm³/mol. The summed E-state index contributed by atoms with van der Waals surface area (Å²) in [6.45, 7) is 1.56. The van der Waals surface area contributed by atoms with Crippen molar-refractivity contribution < 1.29 is 14.7 Å². The van der Waals surface area contributed by atoms with Gasteiger partial charge in [0.25, 0.3) is 0 Å². The molecule has 0 radical (unpaired) electrons. The zero-order valence-corrected chi connectivity index (χ0v) is 10.7. The lowest BCUT2D eigenvalue weighted by atomic mass is 10.1. The van der Waals surface area contributed by atoms with Gasteiger partial charge in [0, 0.05) is 18.5 Å². The lowest BCUT2D eigenvalue weighted by Crippen LogP contribution is -2.48. The number of aromatic carboxylic acids is 1. The Bertz CT molecular complexity index is 699. The third kappa shape index (κ3) is 2.16. The van der Waals surface area contributed by atoms with E-state index < -0.39 is 5.97 Å². The number of hydrogen-bond donors (Lipinski definition) is 2. The molecule has 20 heavy (non-hydrogen) atoms. The molecule has 0 bridgehead atoms. The predicted octanol–water partition coefficient (Wildman–Crippen LogP) is 0.869. The highest BCUT2D eigenvalue weighted by Gasteiger charge is 2.18. The number of aromatic nitrogens is 1. The second-order valence-electron chi connectivity index (χ2n) is 4.62. The summed E-state index contributed by atoms with van der Waals surface area (Å²) in [5, 5.41) is 12.5. The summed E-state index contributed by atoms with van der Waals surface area (Å²) < 4.78 is 0. The van der Waals surface area contributed by atoms with Gasteiger partial charge in [0.15, 0.2) is 0 Å². The Morgan fingerprint density at radius 1 is 1.30 bits per heavy atom. The van der Waals surface area contributed by atoms with Crippen LogP contribution in [0.25, 0.3) is 10.9 Å². The van der Waals surface area contributed by atoms with Crippen LogP contribution >= 0.6 is 0 Å². The zero-order valence-electron chi connectivity index (χ0n) is 10.7. The van der Waals surface area contributed by atoms with Crippen molar-refractivity contribution in [1.29, 1.82) is 0 Å². The highest BCUT2D eigenvalue weighted by molar-refractivity contribution is 6.02. The van der Waals surface area contributed by atoms with Crippen LogP contribution in [0.4, 0.5) is 5.82 Å². The van der Waals surface area contributed by atoms with E-state index >= 15 is 0 Å². The highest BCUT2D eigenvalue weighted by Crippen LogP contribution is 2.21. The molecule has 2 aromatic rings. The van der Waals surface area contributed by atoms with E-state index in [-0.39, 0.29) is 18.0 Å². The lowest BCUT2D eigenvalue weighted by molar-refractivity contribution is -0.120. The highest BCUT2D eigenvalue weighted by atomic mass is 16.4. The van der Waals surface area contributed by atoms with Crippen molar-refractivity contribution in [2.75, 3.05) is 24.5 Å². The first-order valence-corrected chi connectivity index (χ1v) is 6.30. The van der Waals surface area contributed by atoms with Crippen LogP contribution in [0, 0.1) is 0 Å². The molecule has 2 N–H and O–H groups in total. The number of carbonyl (C=O) groups excluding carboxylic acids is 1. The number of fused-ring (bicyclic) bond motifs is 1. The van der Waals surface area contributed by atoms with Gasteiger partial charge in [-0.25, -0.2) is 9.78 Å². The van der Waals surface area contributed by atoms with Crippen molar-refractivity contribution in [1.82, 2.24) is 10.3 Å². The minimum absolute atomic E-state index is 0.0302. The second-order valence-corrected chi connectivity index (χ2v) is 4.62. The second kappa shape index (κ2) is 4.80. The topological polar surface area (TPSA) is 82.5 Å². The number of carbonyl (C=O) groups is 2. The van der Waals surface area contributed by atoms with Crippen LogP contribution in [0.15, 0.2) is 30.3 Å². The number of nitrogens with zero attached hydrogens (tertiary/aromatic N) is 2. The first-order chi connectivity index (χ1) is 9.65. The molecule has 0 unspecified atom stereocenters. The first kappa shape index (κ1) is 12.4. The van der Waals surface area contributed by atoms with Crippen molar-refractivity contribution in [3.63, 3.8) is 0 Å². The molecular formula is C14H13N3O3. The Morgan fingerprint density at radius 3 is 2.90 bits per heavy atom. The van der Waals surface area contributed by atoms with E-state index in [1.807, 2.05) is 4.90 Å². The summed E-state index contributed by atoms with van der Waals surface area (Å²) >= 11 is 0. The molecule has 6 heteroatoms. The van der Waals surface area contributed by atoms with Crippen LogP contribution in [-0.2, 0) is 4.79 Å². The van der Waals surface area contributed by atoms with Crippen LogP contribution in [0.3, 0.4) is 0 Å². The smallest absolute Gasteiger partial charge is 0.336 e. The van der Waals surface area contributed by atoms with Crippen LogP contribution in [-0.4, -0.2) is 41.6 Å². The van der Waals surface area contributed by atoms with Crippen molar-refractivity contribution in [3.8, 4) is 0 Å². The van der Waals surface area contributed by atoms with Gasteiger partial charge < -0.3 is 15.3 Å². The SMILES string of the molecule is O=C1CN(c2ccc3c(C(=O)O)cccc3n2)CCN1. The van der Waals surface area contributed by atoms with Crippen molar-refractivity contribution >= 4 is 28.6 Å². The molecule has 1 aromatic carbocycles. The number of nitrogens with one attached hydrogen (secondary N) is 1. The van der Waals surface area contributed by atoms with Gasteiger partial charge in [-0.15, -0.1) is 0 Å². The average molecular weight is 271 g/mol. The summed E-state index contributed by atoms with van der Waals surface area (Å²) in [4.78, 5) is 28.9. The molecule has 0 saturated carbocycles. The molecule has 1 saturated heterocycles. The van der Waals surface area contributed by atoms with E-state index in [1.54, 1.807) is 30.3 Å². The third-order valence-electron chi connectivity index (χ3n) is 3.31. The summed E-state index contributed by atoms with van der Waals surface area (Å²) in [6.07, 6.45) is 0. The van der Waals surface area contributed by atoms with Crippen LogP contribution in [0.5, 0.6) is 0 Å². The molecule has 0 spiro atoms. The summed E-state index contributed by atoms with van der Waals surface area (Å²) in [7, 11) is 0. The van der Waals surface area contributed by atoms with E-state index in [0.29, 0.717) is 29.8 Å². The maximum Gasteiger partial charge on any atom is 0.336 e. The van der Waals surface area contributed by atoms with Gasteiger partial charge in [0.05, 0.1) is 17.6 Å². The quantitative estimate of drug-likeness (QED) is 0.847. The fourth-order valence-corrected chi connectivity index (χ4v) is 2.34. The zero-order chi connectivity index (χ0) is 14.1. The number of pyridine rings is 1. The molecule has 1 aliphatic rings. The fraction of sp³-hybridized carbons (Fsp3) is 0.214. The maximum atomic E-state index is 11.4. The normalized spacial score (nSPS) is 15.2. The standard InChI is InChI=1S/C14H13N3O3/c18-13-8-17(7-6-15-13)12-5-4-9-10(14(19)20)2-1-3-11(9)16-12/h1-5H,6-8H2,(H,15,18)(H,19,20). The molecule has 6 nitrogen and oxygen atoms in total. The molecular weight excluding hydrogens is 258 g/mol. The van der Waals surface area contributed by atoms with Crippen LogP contribution in [0.2, 0.25) is 0 Å². The summed E-state index contributed by atoms with van der Waals surface area (Å²) in [5.74, 6) is -0.310. The maximum absolute atomic E-state index is 11.4. The molecule has 1 aromatic heterocycles. The number of rotatable bonds is 2. The van der Waals surface area contributed by atoms with Gasteiger partial charge in [-0.05, 0) is 24.3 Å². The molecule has 3 rings (SSSR count). The van der Waals surface area contributed by atoms with E-state index in [4.69, 9.17) is 5.11 Å². The Balaban J connectivity index is 2.03. The molecule has 102 valence electrons. The summed E-state index contributed by atoms with van der Waals surface area (Å²) in [6, 6.07) is 8.50. The van der Waals surface area contributed by atoms with Gasteiger partial charge >= 0.3 is 5.97 Å². The van der Waals surface area contributed by atoms with Gasteiger partial charge in [-0.2, -0.15) is 0 Å². The Kier molecular flexibility index (Phi) is 2.98. The van der Waals surface area contributed by atoms with E-state index in [2.05, 4.69) is 10.3 Å². The minimum Gasteiger partial charge on any atom is -0.478 e. The number of piperazine rings is 1. The number of benzene rings is 1. The van der Waals surface area contributed by atoms with Crippen molar-refractivity contribution in [2.24, 2.45) is 0 Å². The van der Waals surface area contributed by atoms with Gasteiger partial charge in [0.2, 0.25) is 5.91 Å². The van der Waals surface area contributed by atoms with E-state index in [0.717, 1.165) is 0 Å². The van der Waals surface area contributed by atoms with Crippen molar-refractivity contribution in [2.45, 2.75) is 0 Å². The first-order valence-electron chi connectivity index (χ1n) is 6.30. The van der Waals surface area contributed by atoms with E-state index in [9.17, 15) is 9.59 Å². The van der Waals surface area contributed by atoms with Crippen LogP contribution < -0.4 is 10.2 Å². The Labute approximate surface area is 115 Å². The number of hydrogen-bond acceptors (Lipinski definition) is 4. The van der Waals surface area contributed by atoms with Gasteiger partial charge in [-0.1, -0.05) is 6.07 Å². The van der Waals surface area contributed by atoms with Gasteiger partial charge in [0.1, 0.15) is 5.82 Å². The molecule has 0 aliphatic carbocycles. The molecule has 1 amide bonds. The number of carboxylic acids is 1. The number of anilines is 1. The van der Waals surface area contributed by atoms with Crippen LogP contribution in [0.1, 0.15) is 10.4 Å².